The summed E-state index contributed by atoms with van der Waals surface area (Å²) in [4.78, 5) is 27.5. The topological polar surface area (TPSA) is 68.3 Å². The molecule has 0 saturated carbocycles. The summed E-state index contributed by atoms with van der Waals surface area (Å²) in [7, 11) is 0. The zero-order chi connectivity index (χ0) is 14.5. The highest BCUT2D eigenvalue weighted by atomic mass is 127. The maximum absolute atomic E-state index is 12.0. The molecule has 2 rings (SSSR count). The first kappa shape index (κ1) is 14.9. The number of amides is 1. The van der Waals surface area contributed by atoms with E-state index in [1.54, 1.807) is 24.4 Å². The van der Waals surface area contributed by atoms with Crippen LogP contribution in [0, 0.1) is 3.57 Å². The first-order chi connectivity index (χ1) is 9.60. The first-order valence-electron chi connectivity index (χ1n) is 5.79. The highest BCUT2D eigenvalue weighted by molar-refractivity contribution is 14.1. The van der Waals surface area contributed by atoms with Gasteiger partial charge in [-0.2, -0.15) is 0 Å². The molecule has 104 valence electrons. The van der Waals surface area contributed by atoms with Crippen molar-refractivity contribution in [2.75, 3.05) is 11.9 Å². The van der Waals surface area contributed by atoms with Crippen molar-refractivity contribution >= 4 is 50.9 Å². The molecular formula is C13H11IN2O3S. The predicted molar refractivity (Wildman–Crippen MR) is 85.2 cm³/mol. The summed E-state index contributed by atoms with van der Waals surface area (Å²) >= 11 is 3.32. The molecule has 1 amide bonds. The summed E-state index contributed by atoms with van der Waals surface area (Å²) in [5, 5.41) is 4.59. The molecule has 0 aliphatic heterocycles. The minimum absolute atomic E-state index is 0.204. The highest BCUT2D eigenvalue weighted by Gasteiger charge is 2.14. The van der Waals surface area contributed by atoms with Gasteiger partial charge in [-0.1, -0.05) is 6.07 Å². The number of halogens is 1. The molecule has 0 saturated heterocycles. The fourth-order valence-corrected chi connectivity index (χ4v) is 2.65. The van der Waals surface area contributed by atoms with E-state index in [0.717, 1.165) is 3.57 Å². The predicted octanol–water partition coefficient (Wildman–Crippen LogP) is 3.18. The van der Waals surface area contributed by atoms with Crippen LogP contribution in [0.5, 0.6) is 0 Å². The van der Waals surface area contributed by atoms with Crippen molar-refractivity contribution in [2.24, 2.45) is 0 Å². The molecule has 0 bridgehead atoms. The Bertz CT molecular complexity index is 642. The van der Waals surface area contributed by atoms with Crippen molar-refractivity contribution in [1.29, 1.82) is 0 Å². The molecule has 1 aromatic heterocycles. The van der Waals surface area contributed by atoms with E-state index in [1.165, 1.54) is 11.3 Å². The van der Waals surface area contributed by atoms with Gasteiger partial charge in [-0.05, 0) is 47.7 Å². The minimum atomic E-state index is -0.487. The van der Waals surface area contributed by atoms with Gasteiger partial charge >= 0.3 is 5.97 Å². The van der Waals surface area contributed by atoms with Gasteiger partial charge in [0.1, 0.15) is 0 Å². The van der Waals surface area contributed by atoms with Gasteiger partial charge in [0.2, 0.25) is 0 Å². The van der Waals surface area contributed by atoms with Crippen LogP contribution < -0.4 is 5.32 Å². The lowest BCUT2D eigenvalue weighted by Gasteiger charge is -2.02. The van der Waals surface area contributed by atoms with Gasteiger partial charge in [0, 0.05) is 14.5 Å². The lowest BCUT2D eigenvalue weighted by molar-refractivity contribution is 0.0520. The number of nitrogens with zero attached hydrogens (tertiary/aromatic N) is 1. The summed E-state index contributed by atoms with van der Waals surface area (Å²) in [5.41, 5.74) is 0.750. The number of carbonyl (C=O) groups excluding carboxylic acids is 2. The van der Waals surface area contributed by atoms with Crippen LogP contribution in [-0.2, 0) is 4.74 Å². The Morgan fingerprint density at radius 3 is 2.95 bits per heavy atom. The Morgan fingerprint density at radius 1 is 1.45 bits per heavy atom. The number of thiazole rings is 1. The van der Waals surface area contributed by atoms with Crippen molar-refractivity contribution in [1.82, 2.24) is 4.98 Å². The number of hydrogen-bond acceptors (Lipinski definition) is 5. The third kappa shape index (κ3) is 3.76. The Balaban J connectivity index is 2.07. The van der Waals surface area contributed by atoms with Crippen molar-refractivity contribution in [3.8, 4) is 0 Å². The van der Waals surface area contributed by atoms with Gasteiger partial charge in [-0.3, -0.25) is 10.1 Å². The van der Waals surface area contributed by atoms with E-state index in [0.29, 0.717) is 17.3 Å². The fourth-order valence-electron chi connectivity index (χ4n) is 1.43. The fraction of sp³-hybridized carbons (Fsp3) is 0.154. The largest absolute Gasteiger partial charge is 0.461 e. The lowest BCUT2D eigenvalue weighted by atomic mass is 10.2. The van der Waals surface area contributed by atoms with Gasteiger partial charge in [-0.15, -0.1) is 11.3 Å². The van der Waals surface area contributed by atoms with Crippen molar-refractivity contribution in [2.45, 2.75) is 6.92 Å². The number of aromatic nitrogens is 1. The van der Waals surface area contributed by atoms with Crippen LogP contribution in [0.4, 0.5) is 5.13 Å². The maximum atomic E-state index is 12.0. The van der Waals surface area contributed by atoms with Crippen molar-refractivity contribution in [3.05, 3.63) is 44.5 Å². The second kappa shape index (κ2) is 6.80. The maximum Gasteiger partial charge on any atom is 0.357 e. The molecule has 20 heavy (non-hydrogen) atoms. The second-order valence-electron chi connectivity index (χ2n) is 3.72. The Hall–Kier alpha value is -1.48. The standard InChI is InChI=1S/C13H11IN2O3S/c1-2-19-12(18)10-7-20-13(15-10)16-11(17)8-4-3-5-9(14)6-8/h3-7H,2H2,1H3,(H,15,16,17). The van der Waals surface area contributed by atoms with Gasteiger partial charge in [0.15, 0.2) is 10.8 Å². The van der Waals surface area contributed by atoms with E-state index in [2.05, 4.69) is 32.9 Å². The third-order valence-electron chi connectivity index (χ3n) is 2.30. The number of esters is 1. The quantitative estimate of drug-likeness (QED) is 0.630. The van der Waals surface area contributed by atoms with Crippen LogP contribution in [0.1, 0.15) is 27.8 Å². The van der Waals surface area contributed by atoms with Crippen LogP contribution in [0.3, 0.4) is 0 Å². The highest BCUT2D eigenvalue weighted by Crippen LogP contribution is 2.17. The zero-order valence-electron chi connectivity index (χ0n) is 10.6. The Morgan fingerprint density at radius 2 is 2.25 bits per heavy atom. The molecule has 2 aromatic rings. The molecular weight excluding hydrogens is 391 g/mol. The number of benzene rings is 1. The summed E-state index contributed by atoms with van der Waals surface area (Å²) in [6.45, 7) is 2.02. The van der Waals surface area contributed by atoms with Crippen molar-refractivity contribution < 1.29 is 14.3 Å². The van der Waals surface area contributed by atoms with E-state index in [4.69, 9.17) is 4.74 Å². The molecule has 0 unspecified atom stereocenters. The number of carbonyl (C=O) groups is 2. The van der Waals surface area contributed by atoms with Crippen molar-refractivity contribution in [3.63, 3.8) is 0 Å². The average molecular weight is 402 g/mol. The molecule has 5 nitrogen and oxygen atoms in total. The Labute approximate surface area is 133 Å². The van der Waals surface area contributed by atoms with Gasteiger partial charge in [0.25, 0.3) is 5.91 Å². The van der Waals surface area contributed by atoms with Crippen LogP contribution in [0.25, 0.3) is 0 Å². The van der Waals surface area contributed by atoms with Crippen LogP contribution in [-0.4, -0.2) is 23.5 Å². The first-order valence-corrected chi connectivity index (χ1v) is 7.75. The van der Waals surface area contributed by atoms with E-state index in [9.17, 15) is 9.59 Å². The molecule has 0 atom stereocenters. The SMILES string of the molecule is CCOC(=O)c1csc(NC(=O)c2cccc(I)c2)n1. The number of nitrogens with one attached hydrogen (secondary N) is 1. The molecule has 0 spiro atoms. The molecule has 0 radical (unpaired) electrons. The molecule has 7 heteroatoms. The minimum Gasteiger partial charge on any atom is -0.461 e. The van der Waals surface area contributed by atoms with E-state index >= 15 is 0 Å². The van der Waals surface area contributed by atoms with Crippen LogP contribution in [0.2, 0.25) is 0 Å². The van der Waals surface area contributed by atoms with Gasteiger partial charge < -0.3 is 4.74 Å². The summed E-state index contributed by atoms with van der Waals surface area (Å²) in [6, 6.07) is 7.20. The zero-order valence-corrected chi connectivity index (χ0v) is 13.5. The summed E-state index contributed by atoms with van der Waals surface area (Å²) in [6.07, 6.45) is 0. The lowest BCUT2D eigenvalue weighted by Crippen LogP contribution is -2.12. The number of anilines is 1. The smallest absolute Gasteiger partial charge is 0.357 e. The molecule has 1 aromatic carbocycles. The second-order valence-corrected chi connectivity index (χ2v) is 5.83. The normalized spacial score (nSPS) is 10.1. The van der Waals surface area contributed by atoms with E-state index in [1.807, 2.05) is 12.1 Å². The molecule has 1 N–H and O–H groups in total. The summed E-state index contributed by atoms with van der Waals surface area (Å²) < 4.78 is 5.81. The summed E-state index contributed by atoms with van der Waals surface area (Å²) in [5.74, 6) is -0.744. The molecule has 0 aliphatic rings. The molecule has 0 fully saturated rings. The molecule has 1 heterocycles. The average Bonchev–Trinajstić information content (AvgIpc) is 2.87. The third-order valence-corrected chi connectivity index (χ3v) is 3.72. The molecule has 0 aliphatic carbocycles. The number of ether oxygens (including phenoxy) is 1. The van der Waals surface area contributed by atoms with Gasteiger partial charge in [0.05, 0.1) is 6.61 Å². The Kier molecular flexibility index (Phi) is 5.07. The van der Waals surface area contributed by atoms with Crippen LogP contribution >= 0.6 is 33.9 Å². The number of hydrogen-bond donors (Lipinski definition) is 1. The van der Waals surface area contributed by atoms with E-state index < -0.39 is 5.97 Å². The van der Waals surface area contributed by atoms with Gasteiger partial charge in [-0.25, -0.2) is 9.78 Å². The van der Waals surface area contributed by atoms with Crippen LogP contribution in [0.15, 0.2) is 29.6 Å². The van der Waals surface area contributed by atoms with E-state index in [-0.39, 0.29) is 11.6 Å². The monoisotopic (exact) mass is 402 g/mol. The number of rotatable bonds is 4.